The van der Waals surface area contributed by atoms with Gasteiger partial charge in [0.25, 0.3) is 0 Å². The Morgan fingerprint density at radius 1 is 1.33 bits per heavy atom. The van der Waals surface area contributed by atoms with E-state index in [0.717, 1.165) is 17.0 Å². The number of rotatable bonds is 8. The second kappa shape index (κ2) is 7.93. The molecular weight excluding hydrogens is 268 g/mol. The van der Waals surface area contributed by atoms with Crippen LogP contribution in [-0.4, -0.2) is 41.5 Å². The lowest BCUT2D eigenvalue weighted by Gasteiger charge is -2.19. The summed E-state index contributed by atoms with van der Waals surface area (Å²) in [4.78, 5) is 1.98. The van der Waals surface area contributed by atoms with Gasteiger partial charge in [-0.05, 0) is 19.5 Å². The van der Waals surface area contributed by atoms with Gasteiger partial charge in [0.1, 0.15) is 0 Å². The van der Waals surface area contributed by atoms with E-state index in [0.29, 0.717) is 26.3 Å². The molecule has 2 aromatic rings. The fourth-order valence-corrected chi connectivity index (χ4v) is 2.12. The lowest BCUT2D eigenvalue weighted by atomic mass is 10.2. The Labute approximate surface area is 125 Å². The van der Waals surface area contributed by atoms with Crippen LogP contribution in [0.5, 0.6) is 0 Å². The summed E-state index contributed by atoms with van der Waals surface area (Å²) >= 11 is 0. The molecule has 0 saturated carbocycles. The van der Waals surface area contributed by atoms with E-state index in [2.05, 4.69) is 5.16 Å². The van der Waals surface area contributed by atoms with Crippen LogP contribution in [0.4, 0.5) is 0 Å². The van der Waals surface area contributed by atoms with Gasteiger partial charge in [0, 0.05) is 12.6 Å². The first-order valence-electron chi connectivity index (χ1n) is 7.04. The van der Waals surface area contributed by atoms with Gasteiger partial charge in [-0.2, -0.15) is 0 Å². The van der Waals surface area contributed by atoms with Crippen molar-refractivity contribution < 1.29 is 14.4 Å². The molecule has 0 spiro atoms. The highest BCUT2D eigenvalue weighted by Gasteiger charge is 2.11. The Bertz CT molecular complexity index is 527. The molecule has 2 rings (SSSR count). The molecule has 0 fully saturated rings. The fraction of sp³-hybridized carbons (Fsp3) is 0.438. The summed E-state index contributed by atoms with van der Waals surface area (Å²) in [7, 11) is 1.93. The Morgan fingerprint density at radius 2 is 2.10 bits per heavy atom. The normalized spacial score (nSPS) is 12.8. The van der Waals surface area contributed by atoms with E-state index in [1.807, 2.05) is 55.3 Å². The van der Waals surface area contributed by atoms with Crippen molar-refractivity contribution in [3.8, 4) is 0 Å². The number of nitrogens with zero attached hydrogens (tertiary/aromatic N) is 2. The van der Waals surface area contributed by atoms with Crippen LogP contribution in [0.3, 0.4) is 0 Å². The summed E-state index contributed by atoms with van der Waals surface area (Å²) in [5.41, 5.74) is 1.97. The molecule has 1 heterocycles. The van der Waals surface area contributed by atoms with Crippen molar-refractivity contribution in [3.05, 3.63) is 53.4 Å². The number of benzene rings is 1. The maximum atomic E-state index is 9.97. The standard InChI is InChI=1S/C16H22N2O3/c1-13-8-16(21-17-13)10-18(2)9-15(19)12-20-11-14-6-4-3-5-7-14/h3-8,15,19H,9-12H2,1-2H3/t15-/m0/s1. The first-order chi connectivity index (χ1) is 10.1. The predicted molar refractivity (Wildman–Crippen MR) is 79.7 cm³/mol. The largest absolute Gasteiger partial charge is 0.389 e. The molecule has 0 saturated heterocycles. The number of aryl methyl sites for hydroxylation is 1. The third-order valence-corrected chi connectivity index (χ3v) is 3.05. The van der Waals surface area contributed by atoms with E-state index in [1.165, 1.54) is 0 Å². The quantitative estimate of drug-likeness (QED) is 0.805. The summed E-state index contributed by atoms with van der Waals surface area (Å²) < 4.78 is 10.7. The summed E-state index contributed by atoms with van der Waals surface area (Å²) in [5, 5.41) is 13.8. The van der Waals surface area contributed by atoms with Crippen molar-refractivity contribution in [2.45, 2.75) is 26.2 Å². The number of ether oxygens (including phenoxy) is 1. The molecule has 1 atom stereocenters. The fourth-order valence-electron chi connectivity index (χ4n) is 2.12. The summed E-state index contributed by atoms with van der Waals surface area (Å²) in [6, 6.07) is 11.8. The molecule has 1 aromatic heterocycles. The predicted octanol–water partition coefficient (Wildman–Crippen LogP) is 1.99. The monoisotopic (exact) mass is 290 g/mol. The molecule has 0 aliphatic heterocycles. The molecule has 5 heteroatoms. The number of hydrogen-bond acceptors (Lipinski definition) is 5. The highest BCUT2D eigenvalue weighted by atomic mass is 16.5. The maximum Gasteiger partial charge on any atom is 0.150 e. The van der Waals surface area contributed by atoms with Crippen LogP contribution in [0.15, 0.2) is 40.9 Å². The number of likely N-dealkylation sites (N-methyl/N-ethyl adjacent to an activating group) is 1. The van der Waals surface area contributed by atoms with Gasteiger partial charge in [0.2, 0.25) is 0 Å². The van der Waals surface area contributed by atoms with Crippen LogP contribution < -0.4 is 0 Å². The van der Waals surface area contributed by atoms with Crippen molar-refractivity contribution in [2.75, 3.05) is 20.2 Å². The van der Waals surface area contributed by atoms with Gasteiger partial charge in [-0.15, -0.1) is 0 Å². The molecule has 0 amide bonds. The van der Waals surface area contributed by atoms with Crippen molar-refractivity contribution in [1.29, 1.82) is 0 Å². The molecule has 5 nitrogen and oxygen atoms in total. The van der Waals surface area contributed by atoms with E-state index in [4.69, 9.17) is 9.26 Å². The van der Waals surface area contributed by atoms with Gasteiger partial charge < -0.3 is 14.4 Å². The third kappa shape index (κ3) is 5.67. The average molecular weight is 290 g/mol. The molecule has 0 aliphatic rings. The summed E-state index contributed by atoms with van der Waals surface area (Å²) in [6.07, 6.45) is -0.525. The maximum absolute atomic E-state index is 9.97. The molecule has 1 N–H and O–H groups in total. The van der Waals surface area contributed by atoms with E-state index >= 15 is 0 Å². The molecule has 21 heavy (non-hydrogen) atoms. The smallest absolute Gasteiger partial charge is 0.150 e. The molecular formula is C16H22N2O3. The Morgan fingerprint density at radius 3 is 2.76 bits per heavy atom. The van der Waals surface area contributed by atoms with Crippen LogP contribution in [0, 0.1) is 6.92 Å². The van der Waals surface area contributed by atoms with Crippen molar-refractivity contribution in [2.24, 2.45) is 0 Å². The van der Waals surface area contributed by atoms with Gasteiger partial charge in [-0.1, -0.05) is 35.5 Å². The first kappa shape index (κ1) is 15.7. The lowest BCUT2D eigenvalue weighted by Crippen LogP contribution is -2.31. The molecule has 0 unspecified atom stereocenters. The van der Waals surface area contributed by atoms with E-state index in [1.54, 1.807) is 0 Å². The van der Waals surface area contributed by atoms with Crippen LogP contribution in [-0.2, 0) is 17.9 Å². The zero-order valence-electron chi connectivity index (χ0n) is 12.5. The van der Waals surface area contributed by atoms with Gasteiger partial charge in [-0.3, -0.25) is 4.90 Å². The number of aliphatic hydroxyl groups excluding tert-OH is 1. The van der Waals surface area contributed by atoms with Crippen LogP contribution in [0.2, 0.25) is 0 Å². The zero-order valence-corrected chi connectivity index (χ0v) is 12.5. The van der Waals surface area contributed by atoms with E-state index in [9.17, 15) is 5.11 Å². The molecule has 0 bridgehead atoms. The molecule has 1 aromatic carbocycles. The van der Waals surface area contributed by atoms with Crippen LogP contribution in [0.25, 0.3) is 0 Å². The van der Waals surface area contributed by atoms with E-state index < -0.39 is 6.10 Å². The van der Waals surface area contributed by atoms with Gasteiger partial charge >= 0.3 is 0 Å². The highest BCUT2D eigenvalue weighted by molar-refractivity contribution is 5.13. The van der Waals surface area contributed by atoms with Crippen molar-refractivity contribution in [3.63, 3.8) is 0 Å². The van der Waals surface area contributed by atoms with Crippen LogP contribution in [0.1, 0.15) is 17.0 Å². The Hall–Kier alpha value is -1.69. The Balaban J connectivity index is 1.65. The first-order valence-corrected chi connectivity index (χ1v) is 7.04. The molecule has 0 radical (unpaired) electrons. The van der Waals surface area contributed by atoms with Crippen molar-refractivity contribution >= 4 is 0 Å². The van der Waals surface area contributed by atoms with E-state index in [-0.39, 0.29) is 0 Å². The minimum atomic E-state index is -0.525. The minimum absolute atomic E-state index is 0.314. The summed E-state index contributed by atoms with van der Waals surface area (Å²) in [6.45, 7) is 3.86. The van der Waals surface area contributed by atoms with Crippen molar-refractivity contribution in [1.82, 2.24) is 10.1 Å². The summed E-state index contributed by atoms with van der Waals surface area (Å²) in [5.74, 6) is 0.799. The van der Waals surface area contributed by atoms with Gasteiger partial charge in [0.05, 0.1) is 31.6 Å². The molecule has 114 valence electrons. The van der Waals surface area contributed by atoms with Crippen LogP contribution >= 0.6 is 0 Å². The highest BCUT2D eigenvalue weighted by Crippen LogP contribution is 2.06. The SMILES string of the molecule is Cc1cc(CN(C)C[C@H](O)COCc2ccccc2)on1. The second-order valence-corrected chi connectivity index (χ2v) is 5.29. The third-order valence-electron chi connectivity index (χ3n) is 3.05. The minimum Gasteiger partial charge on any atom is -0.389 e. The zero-order chi connectivity index (χ0) is 15.1. The topological polar surface area (TPSA) is 58.7 Å². The lowest BCUT2D eigenvalue weighted by molar-refractivity contribution is 0.0117. The second-order valence-electron chi connectivity index (χ2n) is 5.29. The Kier molecular flexibility index (Phi) is 5.92. The number of aliphatic hydroxyl groups is 1. The van der Waals surface area contributed by atoms with Gasteiger partial charge in [-0.25, -0.2) is 0 Å². The number of aromatic nitrogens is 1. The van der Waals surface area contributed by atoms with Gasteiger partial charge in [0.15, 0.2) is 5.76 Å². The average Bonchev–Trinajstić information content (AvgIpc) is 2.85. The number of hydrogen-bond donors (Lipinski definition) is 1. The molecule has 0 aliphatic carbocycles.